The van der Waals surface area contributed by atoms with Crippen molar-refractivity contribution in [1.82, 2.24) is 0 Å². The van der Waals surface area contributed by atoms with Crippen molar-refractivity contribution >= 4 is 11.9 Å². The summed E-state index contributed by atoms with van der Waals surface area (Å²) in [6, 6.07) is 0. The van der Waals surface area contributed by atoms with E-state index in [1.165, 1.54) is 6.92 Å². The highest BCUT2D eigenvalue weighted by Crippen LogP contribution is 2.42. The SMILES string of the molecule is CC(=O)OC1CC2C(=O)OC(C)C2CC1C. The van der Waals surface area contributed by atoms with Crippen molar-refractivity contribution in [1.29, 1.82) is 0 Å². The molecule has 1 aliphatic heterocycles. The van der Waals surface area contributed by atoms with Gasteiger partial charge in [-0.05, 0) is 25.7 Å². The smallest absolute Gasteiger partial charge is 0.309 e. The van der Waals surface area contributed by atoms with Gasteiger partial charge in [0.05, 0.1) is 5.92 Å². The molecular weight excluding hydrogens is 208 g/mol. The Hall–Kier alpha value is -1.06. The zero-order valence-electron chi connectivity index (χ0n) is 9.93. The fraction of sp³-hybridized carbons (Fsp3) is 0.833. The summed E-state index contributed by atoms with van der Waals surface area (Å²) in [6.07, 6.45) is 1.40. The van der Waals surface area contributed by atoms with Gasteiger partial charge in [0.2, 0.25) is 0 Å². The van der Waals surface area contributed by atoms with Crippen LogP contribution >= 0.6 is 0 Å². The third-order valence-electron chi connectivity index (χ3n) is 3.81. The van der Waals surface area contributed by atoms with E-state index in [0.29, 0.717) is 18.3 Å². The highest BCUT2D eigenvalue weighted by Gasteiger charge is 2.48. The third kappa shape index (κ3) is 1.93. The Balaban J connectivity index is 2.07. The normalized spacial score (nSPS) is 42.4. The number of esters is 2. The zero-order valence-corrected chi connectivity index (χ0v) is 9.93. The van der Waals surface area contributed by atoms with E-state index in [9.17, 15) is 9.59 Å². The molecule has 0 aromatic rings. The quantitative estimate of drug-likeness (QED) is 0.636. The largest absolute Gasteiger partial charge is 0.462 e. The predicted molar refractivity (Wildman–Crippen MR) is 56.5 cm³/mol. The summed E-state index contributed by atoms with van der Waals surface area (Å²) in [4.78, 5) is 22.6. The first-order valence-corrected chi connectivity index (χ1v) is 5.86. The number of cyclic esters (lactones) is 1. The average Bonchev–Trinajstić information content (AvgIpc) is 2.43. The number of carbonyl (C=O) groups excluding carboxylic acids is 2. The first-order valence-electron chi connectivity index (χ1n) is 5.86. The fourth-order valence-corrected chi connectivity index (χ4v) is 2.93. The Morgan fingerprint density at radius 2 is 2.06 bits per heavy atom. The fourth-order valence-electron chi connectivity index (χ4n) is 2.93. The lowest BCUT2D eigenvalue weighted by molar-refractivity contribution is -0.155. The highest BCUT2D eigenvalue weighted by atomic mass is 16.6. The van der Waals surface area contributed by atoms with Crippen LogP contribution in [-0.4, -0.2) is 24.1 Å². The van der Waals surface area contributed by atoms with E-state index in [-0.39, 0.29) is 30.1 Å². The summed E-state index contributed by atoms with van der Waals surface area (Å²) in [5.74, 6) is 0.142. The first-order chi connectivity index (χ1) is 7.49. The molecule has 0 amide bonds. The Labute approximate surface area is 95.3 Å². The second-order valence-corrected chi connectivity index (χ2v) is 5.01. The van der Waals surface area contributed by atoms with E-state index < -0.39 is 0 Å². The molecule has 2 fully saturated rings. The van der Waals surface area contributed by atoms with Gasteiger partial charge in [0, 0.05) is 12.8 Å². The number of ether oxygens (including phenoxy) is 2. The van der Waals surface area contributed by atoms with Crippen LogP contribution in [0, 0.1) is 17.8 Å². The van der Waals surface area contributed by atoms with Crippen LogP contribution in [0.1, 0.15) is 33.6 Å². The summed E-state index contributed by atoms with van der Waals surface area (Å²) in [5, 5.41) is 0. The minimum absolute atomic E-state index is 0.0122. The van der Waals surface area contributed by atoms with Crippen molar-refractivity contribution in [3.05, 3.63) is 0 Å². The molecule has 0 N–H and O–H groups in total. The number of carbonyl (C=O) groups is 2. The van der Waals surface area contributed by atoms with Crippen LogP contribution in [0.3, 0.4) is 0 Å². The van der Waals surface area contributed by atoms with Gasteiger partial charge in [-0.2, -0.15) is 0 Å². The number of fused-ring (bicyclic) bond motifs is 1. The molecule has 0 aromatic carbocycles. The van der Waals surface area contributed by atoms with Crippen molar-refractivity contribution in [2.75, 3.05) is 0 Å². The second-order valence-electron chi connectivity index (χ2n) is 5.01. The molecule has 5 atom stereocenters. The molecule has 0 spiro atoms. The maximum atomic E-state index is 11.6. The highest BCUT2D eigenvalue weighted by molar-refractivity contribution is 5.75. The molecule has 4 nitrogen and oxygen atoms in total. The van der Waals surface area contributed by atoms with Crippen LogP contribution < -0.4 is 0 Å². The Morgan fingerprint density at radius 1 is 1.38 bits per heavy atom. The van der Waals surface area contributed by atoms with Crippen LogP contribution in [-0.2, 0) is 19.1 Å². The van der Waals surface area contributed by atoms with E-state index in [1.807, 2.05) is 6.92 Å². The topological polar surface area (TPSA) is 52.6 Å². The maximum Gasteiger partial charge on any atom is 0.309 e. The zero-order chi connectivity index (χ0) is 11.9. The van der Waals surface area contributed by atoms with Crippen LogP contribution in [0.15, 0.2) is 0 Å². The molecule has 2 rings (SSSR count). The van der Waals surface area contributed by atoms with Crippen molar-refractivity contribution in [2.45, 2.75) is 45.8 Å². The van der Waals surface area contributed by atoms with Gasteiger partial charge in [-0.25, -0.2) is 0 Å². The molecule has 2 aliphatic rings. The second kappa shape index (κ2) is 4.07. The Bertz CT molecular complexity index is 312. The Morgan fingerprint density at radius 3 is 2.69 bits per heavy atom. The van der Waals surface area contributed by atoms with Gasteiger partial charge in [0.1, 0.15) is 12.2 Å². The molecule has 16 heavy (non-hydrogen) atoms. The van der Waals surface area contributed by atoms with Gasteiger partial charge in [0.25, 0.3) is 0 Å². The van der Waals surface area contributed by atoms with E-state index in [4.69, 9.17) is 9.47 Å². The van der Waals surface area contributed by atoms with Gasteiger partial charge in [-0.3, -0.25) is 9.59 Å². The van der Waals surface area contributed by atoms with Gasteiger partial charge >= 0.3 is 11.9 Å². The third-order valence-corrected chi connectivity index (χ3v) is 3.81. The molecule has 1 saturated carbocycles. The van der Waals surface area contributed by atoms with Crippen LogP contribution in [0.25, 0.3) is 0 Å². The lowest BCUT2D eigenvalue weighted by atomic mass is 9.72. The molecule has 1 heterocycles. The number of hydrogen-bond acceptors (Lipinski definition) is 4. The minimum atomic E-state index is -0.269. The Kier molecular flexibility index (Phi) is 2.91. The molecular formula is C12H18O4. The van der Waals surface area contributed by atoms with Crippen LogP contribution in [0.4, 0.5) is 0 Å². The lowest BCUT2D eigenvalue weighted by Crippen LogP contribution is -2.38. The predicted octanol–water partition coefficient (Wildman–Crippen LogP) is 1.53. The van der Waals surface area contributed by atoms with Crippen molar-refractivity contribution in [3.8, 4) is 0 Å². The molecule has 4 heteroatoms. The number of hydrogen-bond donors (Lipinski definition) is 0. The molecule has 0 aromatic heterocycles. The van der Waals surface area contributed by atoms with E-state index in [2.05, 4.69) is 6.92 Å². The van der Waals surface area contributed by atoms with Crippen molar-refractivity contribution in [3.63, 3.8) is 0 Å². The van der Waals surface area contributed by atoms with Crippen molar-refractivity contribution < 1.29 is 19.1 Å². The maximum absolute atomic E-state index is 11.6. The van der Waals surface area contributed by atoms with Crippen LogP contribution in [0.5, 0.6) is 0 Å². The summed E-state index contributed by atoms with van der Waals surface area (Å²) in [6.45, 7) is 5.43. The van der Waals surface area contributed by atoms with Gasteiger partial charge in [0.15, 0.2) is 0 Å². The molecule has 0 bridgehead atoms. The lowest BCUT2D eigenvalue weighted by Gasteiger charge is -2.34. The molecule has 0 radical (unpaired) electrons. The number of rotatable bonds is 1. The standard InChI is InChI=1S/C12H18O4/c1-6-4-9-7(2)15-12(14)10(9)5-11(6)16-8(3)13/h6-7,9-11H,4-5H2,1-3H3. The van der Waals surface area contributed by atoms with Gasteiger partial charge in [-0.1, -0.05) is 6.92 Å². The molecule has 1 saturated heterocycles. The molecule has 5 unspecified atom stereocenters. The average molecular weight is 226 g/mol. The van der Waals surface area contributed by atoms with E-state index in [0.717, 1.165) is 6.42 Å². The minimum Gasteiger partial charge on any atom is -0.462 e. The summed E-state index contributed by atoms with van der Waals surface area (Å²) in [7, 11) is 0. The summed E-state index contributed by atoms with van der Waals surface area (Å²) in [5.41, 5.74) is 0. The molecule has 1 aliphatic carbocycles. The van der Waals surface area contributed by atoms with E-state index >= 15 is 0 Å². The summed E-state index contributed by atoms with van der Waals surface area (Å²) >= 11 is 0. The van der Waals surface area contributed by atoms with Gasteiger partial charge < -0.3 is 9.47 Å². The van der Waals surface area contributed by atoms with Crippen LogP contribution in [0.2, 0.25) is 0 Å². The molecule has 90 valence electrons. The summed E-state index contributed by atoms with van der Waals surface area (Å²) < 4.78 is 10.5. The van der Waals surface area contributed by atoms with Crippen molar-refractivity contribution in [2.24, 2.45) is 17.8 Å². The first kappa shape index (κ1) is 11.4. The van der Waals surface area contributed by atoms with Gasteiger partial charge in [-0.15, -0.1) is 0 Å². The monoisotopic (exact) mass is 226 g/mol. The van der Waals surface area contributed by atoms with E-state index in [1.54, 1.807) is 0 Å².